The van der Waals surface area contributed by atoms with Crippen molar-refractivity contribution in [1.82, 2.24) is 0 Å². The highest BCUT2D eigenvalue weighted by Crippen LogP contribution is 2.29. The minimum absolute atomic E-state index is 0.289. The van der Waals surface area contributed by atoms with Gasteiger partial charge in [-0.05, 0) is 54.7 Å². The smallest absolute Gasteiger partial charge is 0.122 e. The molecule has 0 heterocycles. The molecule has 0 unspecified atom stereocenters. The Labute approximate surface area is 163 Å². The lowest BCUT2D eigenvalue weighted by molar-refractivity contribution is 0.136. The molecule has 0 aliphatic carbocycles. The summed E-state index contributed by atoms with van der Waals surface area (Å²) in [6, 6.07) is 13.8. The number of unbranched alkanes of at least 4 members (excludes halogenated alkanes) is 2. The van der Waals surface area contributed by atoms with Gasteiger partial charge in [-0.1, -0.05) is 57.0 Å². The second-order valence-electron chi connectivity index (χ2n) is 6.66. The fraction of sp³-hybridized carbons (Fsp3) is 0.417. The third-order valence-corrected chi connectivity index (χ3v) is 4.33. The number of phenolic OH excluding ortho intramolecular Hbond substituents is 1. The molecule has 0 amide bonds. The first-order valence-electron chi connectivity index (χ1n) is 10.0. The topological polar surface area (TPSA) is 38.7 Å². The molecule has 0 atom stereocenters. The fourth-order valence-electron chi connectivity index (χ4n) is 2.68. The van der Waals surface area contributed by atoms with Crippen LogP contribution in [0.15, 0.2) is 48.5 Å². The van der Waals surface area contributed by atoms with Gasteiger partial charge in [0.25, 0.3) is 0 Å². The Bertz CT molecular complexity index is 707. The monoisotopic (exact) mass is 368 g/mol. The van der Waals surface area contributed by atoms with Gasteiger partial charge in [-0.25, -0.2) is 0 Å². The highest BCUT2D eigenvalue weighted by atomic mass is 16.5. The molecule has 27 heavy (non-hydrogen) atoms. The number of phenols is 1. The lowest BCUT2D eigenvalue weighted by Crippen LogP contribution is -1.96. The number of benzene rings is 2. The van der Waals surface area contributed by atoms with Gasteiger partial charge >= 0.3 is 0 Å². The average molecular weight is 369 g/mol. The SMILES string of the molecule is CCCCOCC/C=C/c1cc(-c2cccc(OCCCC)c2)ccc1O. The predicted molar refractivity (Wildman–Crippen MR) is 113 cm³/mol. The summed E-state index contributed by atoms with van der Waals surface area (Å²) in [5.41, 5.74) is 2.97. The first kappa shape index (κ1) is 21.0. The van der Waals surface area contributed by atoms with Gasteiger partial charge in [-0.2, -0.15) is 0 Å². The maximum atomic E-state index is 10.1. The van der Waals surface area contributed by atoms with Crippen LogP contribution in [-0.4, -0.2) is 24.9 Å². The van der Waals surface area contributed by atoms with Crippen LogP contribution < -0.4 is 4.74 Å². The van der Waals surface area contributed by atoms with Crippen LogP contribution in [0.25, 0.3) is 17.2 Å². The van der Waals surface area contributed by atoms with Gasteiger partial charge in [0.05, 0.1) is 13.2 Å². The van der Waals surface area contributed by atoms with Gasteiger partial charge in [0, 0.05) is 12.2 Å². The lowest BCUT2D eigenvalue weighted by atomic mass is 10.0. The molecule has 0 fully saturated rings. The van der Waals surface area contributed by atoms with E-state index < -0.39 is 0 Å². The average Bonchev–Trinajstić information content (AvgIpc) is 2.69. The van der Waals surface area contributed by atoms with Crippen LogP contribution in [0.4, 0.5) is 0 Å². The van der Waals surface area contributed by atoms with Crippen LogP contribution in [-0.2, 0) is 4.74 Å². The lowest BCUT2D eigenvalue weighted by Gasteiger charge is -2.09. The zero-order valence-electron chi connectivity index (χ0n) is 16.6. The summed E-state index contributed by atoms with van der Waals surface area (Å²) in [4.78, 5) is 0. The number of ether oxygens (including phenoxy) is 2. The number of hydrogen-bond acceptors (Lipinski definition) is 3. The Balaban J connectivity index is 2.00. The quantitative estimate of drug-likeness (QED) is 0.437. The van der Waals surface area contributed by atoms with Crippen molar-refractivity contribution < 1.29 is 14.6 Å². The van der Waals surface area contributed by atoms with Crippen LogP contribution in [0, 0.1) is 0 Å². The number of rotatable bonds is 12. The van der Waals surface area contributed by atoms with Crippen LogP contribution in [0.2, 0.25) is 0 Å². The van der Waals surface area contributed by atoms with E-state index in [1.165, 1.54) is 0 Å². The molecule has 0 saturated heterocycles. The van der Waals surface area contributed by atoms with E-state index in [1.807, 2.05) is 30.3 Å². The van der Waals surface area contributed by atoms with E-state index in [0.717, 1.165) is 67.8 Å². The maximum absolute atomic E-state index is 10.1. The van der Waals surface area contributed by atoms with Crippen LogP contribution >= 0.6 is 0 Å². The summed E-state index contributed by atoms with van der Waals surface area (Å²) in [6.45, 7) is 6.59. The number of aromatic hydroxyl groups is 1. The Morgan fingerprint density at radius 2 is 1.67 bits per heavy atom. The molecule has 0 radical (unpaired) electrons. The van der Waals surface area contributed by atoms with Gasteiger partial charge < -0.3 is 14.6 Å². The summed E-state index contributed by atoms with van der Waals surface area (Å²) in [7, 11) is 0. The van der Waals surface area contributed by atoms with Gasteiger partial charge in [-0.15, -0.1) is 0 Å². The number of hydrogen-bond donors (Lipinski definition) is 1. The van der Waals surface area contributed by atoms with Crippen molar-refractivity contribution in [3.8, 4) is 22.6 Å². The second kappa shape index (κ2) is 12.2. The van der Waals surface area contributed by atoms with E-state index in [-0.39, 0.29) is 5.75 Å². The summed E-state index contributed by atoms with van der Waals surface area (Å²) < 4.78 is 11.4. The van der Waals surface area contributed by atoms with Crippen molar-refractivity contribution >= 4 is 6.08 Å². The normalized spacial score (nSPS) is 11.2. The van der Waals surface area contributed by atoms with Gasteiger partial charge in [0.15, 0.2) is 0 Å². The molecule has 0 aliphatic heterocycles. The Morgan fingerprint density at radius 1 is 0.889 bits per heavy atom. The summed E-state index contributed by atoms with van der Waals surface area (Å²) in [6.07, 6.45) is 9.29. The third kappa shape index (κ3) is 7.48. The highest BCUT2D eigenvalue weighted by molar-refractivity contribution is 5.71. The van der Waals surface area contributed by atoms with Crippen molar-refractivity contribution in [3.05, 3.63) is 54.1 Å². The molecule has 3 nitrogen and oxygen atoms in total. The Hall–Kier alpha value is -2.26. The molecular weight excluding hydrogens is 336 g/mol. The van der Waals surface area contributed by atoms with Crippen LogP contribution in [0.5, 0.6) is 11.5 Å². The van der Waals surface area contributed by atoms with Gasteiger partial charge in [0.1, 0.15) is 11.5 Å². The fourth-order valence-corrected chi connectivity index (χ4v) is 2.68. The van der Waals surface area contributed by atoms with E-state index in [9.17, 15) is 5.11 Å². The van der Waals surface area contributed by atoms with Crippen molar-refractivity contribution in [2.75, 3.05) is 19.8 Å². The minimum Gasteiger partial charge on any atom is -0.507 e. The molecule has 0 bridgehead atoms. The summed E-state index contributed by atoms with van der Waals surface area (Å²) in [5, 5.41) is 10.1. The molecule has 0 saturated carbocycles. The molecule has 0 aliphatic rings. The van der Waals surface area contributed by atoms with E-state index in [0.29, 0.717) is 6.61 Å². The van der Waals surface area contributed by atoms with Crippen molar-refractivity contribution in [2.24, 2.45) is 0 Å². The van der Waals surface area contributed by atoms with Crippen molar-refractivity contribution in [1.29, 1.82) is 0 Å². The Morgan fingerprint density at radius 3 is 2.48 bits per heavy atom. The molecule has 2 aromatic rings. The molecule has 2 aromatic carbocycles. The van der Waals surface area contributed by atoms with Gasteiger partial charge in [0.2, 0.25) is 0 Å². The van der Waals surface area contributed by atoms with Gasteiger partial charge in [-0.3, -0.25) is 0 Å². The molecular formula is C24H32O3. The largest absolute Gasteiger partial charge is 0.507 e. The molecule has 146 valence electrons. The van der Waals surface area contributed by atoms with Crippen molar-refractivity contribution in [2.45, 2.75) is 46.0 Å². The third-order valence-electron chi connectivity index (χ3n) is 4.33. The van der Waals surface area contributed by atoms with Crippen molar-refractivity contribution in [3.63, 3.8) is 0 Å². The molecule has 2 rings (SSSR count). The molecule has 1 N–H and O–H groups in total. The first-order chi connectivity index (χ1) is 13.2. The van der Waals surface area contributed by atoms with Crippen LogP contribution in [0.1, 0.15) is 51.5 Å². The highest BCUT2D eigenvalue weighted by Gasteiger charge is 2.04. The zero-order chi connectivity index (χ0) is 19.3. The van der Waals surface area contributed by atoms with E-state index in [1.54, 1.807) is 6.07 Å². The molecule has 0 aromatic heterocycles. The standard InChI is InChI=1S/C24H32O3/c1-3-5-15-26-16-8-7-10-22-18-21(13-14-24(22)25)20-11-9-12-23(19-20)27-17-6-4-2/h7,9-14,18-19,25H,3-6,8,15-17H2,1-2H3/b10-7+. The molecule has 3 heteroatoms. The second-order valence-corrected chi connectivity index (χ2v) is 6.66. The molecule has 0 spiro atoms. The van der Waals surface area contributed by atoms with Crippen LogP contribution in [0.3, 0.4) is 0 Å². The first-order valence-corrected chi connectivity index (χ1v) is 10.0. The van der Waals surface area contributed by atoms with E-state index >= 15 is 0 Å². The van der Waals surface area contributed by atoms with E-state index in [4.69, 9.17) is 9.47 Å². The zero-order valence-corrected chi connectivity index (χ0v) is 16.6. The minimum atomic E-state index is 0.289. The Kier molecular flexibility index (Phi) is 9.50. The van der Waals surface area contributed by atoms with E-state index in [2.05, 4.69) is 32.1 Å². The maximum Gasteiger partial charge on any atom is 0.122 e. The summed E-state index contributed by atoms with van der Waals surface area (Å²) in [5.74, 6) is 1.17. The summed E-state index contributed by atoms with van der Waals surface area (Å²) >= 11 is 0. The predicted octanol–water partition coefficient (Wildman–Crippen LogP) is 6.46.